The Bertz CT molecular complexity index is 2070. The van der Waals surface area contributed by atoms with Gasteiger partial charge in [0.15, 0.2) is 18.4 Å². The van der Waals surface area contributed by atoms with Crippen LogP contribution in [0.3, 0.4) is 0 Å². The molecule has 67 heavy (non-hydrogen) atoms. The van der Waals surface area contributed by atoms with E-state index in [1.165, 1.54) is 25.2 Å². The van der Waals surface area contributed by atoms with Gasteiger partial charge < -0.3 is 19.7 Å². The zero-order chi connectivity index (χ0) is 50.6. The smallest absolute Gasteiger partial charge is 0.309 e. The van der Waals surface area contributed by atoms with Gasteiger partial charge in [0.2, 0.25) is 0 Å². The van der Waals surface area contributed by atoms with Crippen molar-refractivity contribution in [2.24, 2.45) is 22.7 Å². The number of aryl methyl sites for hydroxylation is 2. The number of allylic oxidation sites excluding steroid dienone is 1. The van der Waals surface area contributed by atoms with E-state index in [-0.39, 0.29) is 17.6 Å². The Morgan fingerprint density at radius 2 is 0.851 bits per heavy atom. The number of aliphatic carboxylic acids is 2. The maximum absolute atomic E-state index is 11.8. The molecule has 366 valence electrons. The predicted octanol–water partition coefficient (Wildman–Crippen LogP) is 9.72. The second kappa shape index (κ2) is 31.0. The molecule has 3 rings (SSSR count). The Labute approximate surface area is 396 Å². The molecule has 0 heterocycles. The third kappa shape index (κ3) is 27.9. The van der Waals surface area contributed by atoms with E-state index in [4.69, 9.17) is 29.4 Å². The van der Waals surface area contributed by atoms with Crippen LogP contribution in [0.4, 0.5) is 0 Å². The minimum Gasteiger partial charge on any atom is -0.481 e. The molecule has 0 aliphatic heterocycles. The molecule has 3 aromatic carbocycles. The van der Waals surface area contributed by atoms with E-state index in [1.807, 2.05) is 76.2 Å². The van der Waals surface area contributed by atoms with E-state index in [0.717, 1.165) is 40.5 Å². The third-order valence-electron chi connectivity index (χ3n) is 9.61. The van der Waals surface area contributed by atoms with Gasteiger partial charge in [0.25, 0.3) is 11.8 Å². The summed E-state index contributed by atoms with van der Waals surface area (Å²) >= 11 is 0. The number of carbonyl (C=O) groups is 6. The van der Waals surface area contributed by atoms with Gasteiger partial charge in [-0.15, -0.1) is 0 Å². The van der Waals surface area contributed by atoms with Crippen LogP contribution in [0, 0.1) is 22.7 Å². The van der Waals surface area contributed by atoms with Crippen molar-refractivity contribution in [1.82, 2.24) is 11.0 Å². The summed E-state index contributed by atoms with van der Waals surface area (Å²) in [5.41, 5.74) is 8.60. The summed E-state index contributed by atoms with van der Waals surface area (Å²) < 4.78 is 10.7. The maximum atomic E-state index is 11.8. The highest BCUT2D eigenvalue weighted by molar-refractivity contribution is 5.92. The topological polar surface area (TPSA) is 204 Å². The summed E-state index contributed by atoms with van der Waals surface area (Å²) in [5.74, 6) is -1.50. The fourth-order valence-corrected chi connectivity index (χ4v) is 5.04. The van der Waals surface area contributed by atoms with Crippen molar-refractivity contribution in [3.63, 3.8) is 0 Å². The second-order valence-corrected chi connectivity index (χ2v) is 18.0. The number of hydrogen-bond donors (Lipinski definition) is 4. The van der Waals surface area contributed by atoms with E-state index in [2.05, 4.69) is 11.0 Å². The summed E-state index contributed by atoms with van der Waals surface area (Å²) in [6.07, 6.45) is 11.7. The van der Waals surface area contributed by atoms with Crippen molar-refractivity contribution >= 4 is 54.1 Å². The molecule has 0 saturated heterocycles. The first-order valence-corrected chi connectivity index (χ1v) is 22.3. The minimum atomic E-state index is -0.792. The van der Waals surface area contributed by atoms with Gasteiger partial charge in [-0.3, -0.25) is 28.8 Å². The Hall–Kier alpha value is -6.06. The number of benzene rings is 3. The number of nitrogens with one attached hydrogen (secondary N) is 2. The molecule has 0 aromatic heterocycles. The van der Waals surface area contributed by atoms with Crippen molar-refractivity contribution in [2.75, 3.05) is 13.2 Å². The van der Waals surface area contributed by atoms with Crippen molar-refractivity contribution in [3.8, 4) is 0 Å². The molecule has 2 unspecified atom stereocenters. The first-order valence-electron chi connectivity index (χ1n) is 22.3. The van der Waals surface area contributed by atoms with Gasteiger partial charge in [0, 0.05) is 17.7 Å². The Balaban J connectivity index is 0.000000512. The van der Waals surface area contributed by atoms with Gasteiger partial charge in [-0.05, 0) is 132 Å². The number of carbonyl (C=O) groups excluding carboxylic acids is 4. The zero-order valence-electron chi connectivity index (χ0n) is 41.0. The molecule has 0 radical (unpaired) electrons. The number of ether oxygens (including phenoxy) is 2. The van der Waals surface area contributed by atoms with Gasteiger partial charge in [-0.1, -0.05) is 107 Å². The summed E-state index contributed by atoms with van der Waals surface area (Å²) in [4.78, 5) is 77.0. The van der Waals surface area contributed by atoms with Gasteiger partial charge in [-0.25, -0.2) is 20.6 Å². The molecule has 14 nitrogen and oxygen atoms in total. The van der Waals surface area contributed by atoms with Crippen LogP contribution in [-0.4, -0.2) is 71.8 Å². The van der Waals surface area contributed by atoms with Crippen LogP contribution in [0.25, 0.3) is 18.2 Å². The van der Waals surface area contributed by atoms with Crippen LogP contribution in [0.5, 0.6) is 0 Å². The molecule has 2 atom stereocenters. The standard InChI is InChI=1S/C21H31NO5.C16H21NO4.C16H20O3/c1-15(2)14-26-16(3)27-22-19(23)11-10-17-6-8-18(9-7-17)12-13-21(4,5)20(24)25;1-12(2)11-20-13(3)21-17-16(19)9-8-14-4-6-15(10-18)7-5-14;1-12(17)4-5-13-6-8-14(9-7-13)10-11-16(2,3)15(18)19/h6-11,15-16H,12-14H2,1-5H3,(H,22,23)(H,24,25);4-10,12-13H,11H2,1-3H3,(H,17,19);4-9H,10-11H2,1-3H3,(H,18,19)/b11-10+;9-8+;5-4+. The highest BCUT2D eigenvalue weighted by Gasteiger charge is 2.27. The number of rotatable bonds is 25. The van der Waals surface area contributed by atoms with Crippen LogP contribution < -0.4 is 11.0 Å². The predicted molar refractivity (Wildman–Crippen MR) is 261 cm³/mol. The zero-order valence-corrected chi connectivity index (χ0v) is 41.0. The summed E-state index contributed by atoms with van der Waals surface area (Å²) in [6, 6.07) is 22.3. The quantitative estimate of drug-likeness (QED) is 0.0271. The van der Waals surface area contributed by atoms with Crippen LogP contribution in [0.1, 0.15) is 127 Å². The second-order valence-electron chi connectivity index (χ2n) is 18.0. The Kier molecular flexibility index (Phi) is 27.3. The van der Waals surface area contributed by atoms with Crippen molar-refractivity contribution < 1.29 is 58.1 Å². The lowest BCUT2D eigenvalue weighted by molar-refractivity contribution is -0.180. The van der Waals surface area contributed by atoms with E-state index in [9.17, 15) is 28.8 Å². The molecule has 0 fully saturated rings. The highest BCUT2D eigenvalue weighted by atomic mass is 16.8. The van der Waals surface area contributed by atoms with E-state index < -0.39 is 35.3 Å². The summed E-state index contributed by atoms with van der Waals surface area (Å²) in [5, 5.41) is 18.2. The lowest BCUT2D eigenvalue weighted by Crippen LogP contribution is -2.29. The molecule has 0 bridgehead atoms. The molecule has 4 N–H and O–H groups in total. The molecule has 14 heteroatoms. The molecule has 2 amide bonds. The fraction of sp³-hybridized carbons (Fsp3) is 0.434. The molecule has 0 aliphatic carbocycles. The SMILES string of the molecule is CC(=O)/C=C/c1ccc(CCC(C)(C)C(=O)O)cc1.CC(C)COC(C)ONC(=O)/C=C/c1ccc(C=O)cc1.CC(C)COC(C)ONC(=O)/C=C/c1ccc(CCC(C)(C)C(=O)O)cc1. The van der Waals surface area contributed by atoms with E-state index in [0.29, 0.717) is 49.9 Å². The number of amides is 2. The first kappa shape index (κ1) is 59.0. The number of hydroxylamine groups is 2. The third-order valence-corrected chi connectivity index (χ3v) is 9.61. The molecular formula is C53H72N2O12. The molecule has 3 aromatic rings. The average molecular weight is 929 g/mol. The molecular weight excluding hydrogens is 857 g/mol. The van der Waals surface area contributed by atoms with Gasteiger partial charge >= 0.3 is 11.9 Å². The normalized spacial score (nSPS) is 12.6. The minimum absolute atomic E-state index is 0.0206. The van der Waals surface area contributed by atoms with Gasteiger partial charge in [0.05, 0.1) is 24.0 Å². The summed E-state index contributed by atoms with van der Waals surface area (Å²) in [6.45, 7) is 21.1. The molecule has 0 aliphatic rings. The fourth-order valence-electron chi connectivity index (χ4n) is 5.04. The maximum Gasteiger partial charge on any atom is 0.309 e. The number of carboxylic acids is 2. The number of aldehydes is 1. The molecule has 0 spiro atoms. The van der Waals surface area contributed by atoms with Gasteiger partial charge in [0.1, 0.15) is 6.29 Å². The highest BCUT2D eigenvalue weighted by Crippen LogP contribution is 2.24. The van der Waals surface area contributed by atoms with Crippen LogP contribution in [0.15, 0.2) is 91.0 Å². The van der Waals surface area contributed by atoms with Crippen LogP contribution in [-0.2, 0) is 56.0 Å². The van der Waals surface area contributed by atoms with Crippen LogP contribution >= 0.6 is 0 Å². The number of carboxylic acid groups (broad SMARTS) is 2. The van der Waals surface area contributed by atoms with E-state index >= 15 is 0 Å². The van der Waals surface area contributed by atoms with Crippen molar-refractivity contribution in [1.29, 1.82) is 0 Å². The monoisotopic (exact) mass is 929 g/mol. The Morgan fingerprint density at radius 1 is 0.537 bits per heavy atom. The number of ketones is 1. The number of hydrogen-bond acceptors (Lipinski definition) is 10. The van der Waals surface area contributed by atoms with E-state index in [1.54, 1.807) is 84.0 Å². The lowest BCUT2D eigenvalue weighted by Gasteiger charge is -2.18. The van der Waals surface area contributed by atoms with Crippen molar-refractivity contribution in [2.45, 2.75) is 114 Å². The lowest BCUT2D eigenvalue weighted by atomic mass is 9.86. The van der Waals surface area contributed by atoms with Gasteiger partial charge in [-0.2, -0.15) is 0 Å². The van der Waals surface area contributed by atoms with Crippen LogP contribution in [0.2, 0.25) is 0 Å². The Morgan fingerprint density at radius 3 is 1.15 bits per heavy atom. The molecule has 0 saturated carbocycles. The largest absolute Gasteiger partial charge is 0.481 e. The summed E-state index contributed by atoms with van der Waals surface area (Å²) in [7, 11) is 0. The first-order chi connectivity index (χ1) is 31.4. The van der Waals surface area contributed by atoms with Crippen molar-refractivity contribution in [3.05, 3.63) is 124 Å². The average Bonchev–Trinajstić information content (AvgIpc) is 3.29.